The number of benzene rings is 3. The molecule has 1 aliphatic heterocycles. The average Bonchev–Trinajstić information content (AvgIpc) is 2.82. The topological polar surface area (TPSA) is 45.0 Å². The first-order valence-corrected chi connectivity index (χ1v) is 8.37. The van der Waals surface area contributed by atoms with Crippen molar-refractivity contribution in [2.24, 2.45) is 9.98 Å². The third-order valence-corrected chi connectivity index (χ3v) is 4.46. The monoisotopic (exact) mass is 346 g/mol. The van der Waals surface area contributed by atoms with Gasteiger partial charge in [-0.3, -0.25) is 9.98 Å². The Morgan fingerprint density at radius 2 is 1.20 bits per heavy atom. The molecule has 3 aromatic carbocycles. The quantitative estimate of drug-likeness (QED) is 0.636. The summed E-state index contributed by atoms with van der Waals surface area (Å²) < 4.78 is 0. The number of halogens is 1. The van der Waals surface area contributed by atoms with Crippen LogP contribution in [0.25, 0.3) is 0 Å². The Hall–Kier alpha value is -2.91. The lowest BCUT2D eigenvalue weighted by molar-refractivity contribution is 0.474. The summed E-state index contributed by atoms with van der Waals surface area (Å²) in [4.78, 5) is 9.59. The van der Waals surface area contributed by atoms with Crippen molar-refractivity contribution in [3.05, 3.63) is 88.9 Å². The van der Waals surface area contributed by atoms with E-state index in [-0.39, 0.29) is 5.75 Å². The Labute approximate surface area is 151 Å². The minimum absolute atomic E-state index is 0.208. The van der Waals surface area contributed by atoms with Crippen molar-refractivity contribution in [1.29, 1.82) is 0 Å². The first-order valence-electron chi connectivity index (χ1n) is 8.00. The fourth-order valence-electron chi connectivity index (χ4n) is 2.91. The van der Waals surface area contributed by atoms with Crippen LogP contribution < -0.4 is 0 Å². The highest BCUT2D eigenvalue weighted by molar-refractivity contribution is 6.35. The minimum atomic E-state index is 0.208. The van der Waals surface area contributed by atoms with Crippen molar-refractivity contribution in [2.45, 2.75) is 6.42 Å². The van der Waals surface area contributed by atoms with Gasteiger partial charge in [0.1, 0.15) is 5.75 Å². The third-order valence-electron chi connectivity index (χ3n) is 4.13. The second kappa shape index (κ2) is 6.54. The molecule has 1 N–H and O–H groups in total. The van der Waals surface area contributed by atoms with Gasteiger partial charge in [0, 0.05) is 22.6 Å². The first kappa shape index (κ1) is 15.6. The molecular weight excluding hydrogens is 332 g/mol. The number of para-hydroxylation sites is 3. The first-order chi connectivity index (χ1) is 12.2. The van der Waals surface area contributed by atoms with E-state index in [0.717, 1.165) is 28.4 Å². The van der Waals surface area contributed by atoms with Crippen LogP contribution in [0.15, 0.2) is 82.8 Å². The van der Waals surface area contributed by atoms with E-state index in [1.807, 2.05) is 60.7 Å². The van der Waals surface area contributed by atoms with E-state index in [2.05, 4.69) is 0 Å². The zero-order chi connectivity index (χ0) is 17.2. The maximum atomic E-state index is 10.3. The summed E-state index contributed by atoms with van der Waals surface area (Å²) in [5, 5.41) is 10.9. The second-order valence-corrected chi connectivity index (χ2v) is 6.19. The van der Waals surface area contributed by atoms with Crippen molar-refractivity contribution in [3.63, 3.8) is 0 Å². The zero-order valence-electron chi connectivity index (χ0n) is 13.4. The van der Waals surface area contributed by atoms with Crippen LogP contribution in [-0.2, 0) is 0 Å². The molecule has 122 valence electrons. The Morgan fingerprint density at radius 1 is 0.680 bits per heavy atom. The van der Waals surface area contributed by atoms with E-state index in [1.165, 1.54) is 0 Å². The molecule has 4 heteroatoms. The van der Waals surface area contributed by atoms with Crippen molar-refractivity contribution in [3.8, 4) is 5.75 Å². The summed E-state index contributed by atoms with van der Waals surface area (Å²) in [7, 11) is 0. The highest BCUT2D eigenvalue weighted by atomic mass is 35.5. The fourth-order valence-corrected chi connectivity index (χ4v) is 3.15. The third kappa shape index (κ3) is 3.06. The van der Waals surface area contributed by atoms with Crippen LogP contribution >= 0.6 is 11.6 Å². The molecule has 3 nitrogen and oxygen atoms in total. The van der Waals surface area contributed by atoms with Crippen molar-refractivity contribution < 1.29 is 5.11 Å². The zero-order valence-corrected chi connectivity index (χ0v) is 14.1. The molecule has 25 heavy (non-hydrogen) atoms. The number of hydrogen-bond acceptors (Lipinski definition) is 3. The second-order valence-electron chi connectivity index (χ2n) is 5.78. The lowest BCUT2D eigenvalue weighted by atomic mass is 9.99. The van der Waals surface area contributed by atoms with Gasteiger partial charge in [-0.2, -0.15) is 0 Å². The number of aliphatic imine (C=N–C) groups is 2. The molecule has 0 bridgehead atoms. The molecule has 0 aliphatic carbocycles. The number of phenolic OH excluding ortho intramolecular Hbond substituents is 1. The summed E-state index contributed by atoms with van der Waals surface area (Å²) in [5.74, 6) is 0.208. The van der Waals surface area contributed by atoms with E-state index in [1.54, 1.807) is 12.1 Å². The molecule has 0 unspecified atom stereocenters. The van der Waals surface area contributed by atoms with Gasteiger partial charge >= 0.3 is 0 Å². The normalized spacial score (nSPS) is 13.5. The van der Waals surface area contributed by atoms with Gasteiger partial charge in [-0.1, -0.05) is 54.1 Å². The highest BCUT2D eigenvalue weighted by Crippen LogP contribution is 2.34. The molecule has 0 radical (unpaired) electrons. The van der Waals surface area contributed by atoms with Crippen LogP contribution in [0.4, 0.5) is 11.4 Å². The Balaban J connectivity index is 1.91. The van der Waals surface area contributed by atoms with E-state index in [0.29, 0.717) is 17.0 Å². The predicted molar refractivity (Wildman–Crippen MR) is 103 cm³/mol. The molecule has 0 atom stereocenters. The smallest absolute Gasteiger partial charge is 0.124 e. The van der Waals surface area contributed by atoms with Gasteiger partial charge in [0.05, 0.1) is 22.8 Å². The van der Waals surface area contributed by atoms with Crippen LogP contribution in [0.3, 0.4) is 0 Å². The van der Waals surface area contributed by atoms with Crippen molar-refractivity contribution in [2.75, 3.05) is 0 Å². The average molecular weight is 347 g/mol. The van der Waals surface area contributed by atoms with Crippen LogP contribution in [-0.4, -0.2) is 16.5 Å². The van der Waals surface area contributed by atoms with Gasteiger partial charge < -0.3 is 5.11 Å². The highest BCUT2D eigenvalue weighted by Gasteiger charge is 2.19. The van der Waals surface area contributed by atoms with Crippen LogP contribution in [0.5, 0.6) is 5.75 Å². The van der Waals surface area contributed by atoms with E-state index >= 15 is 0 Å². The molecule has 3 aromatic rings. The summed E-state index contributed by atoms with van der Waals surface area (Å²) in [6.07, 6.45) is 0.482. The van der Waals surface area contributed by atoms with Gasteiger partial charge in [0.2, 0.25) is 0 Å². The van der Waals surface area contributed by atoms with Gasteiger partial charge in [-0.05, 0) is 30.3 Å². The van der Waals surface area contributed by atoms with E-state index in [4.69, 9.17) is 21.6 Å². The molecule has 1 heterocycles. The maximum absolute atomic E-state index is 10.3. The summed E-state index contributed by atoms with van der Waals surface area (Å²) in [6.45, 7) is 0. The van der Waals surface area contributed by atoms with Crippen LogP contribution in [0.2, 0.25) is 5.02 Å². The van der Waals surface area contributed by atoms with Gasteiger partial charge in [0.15, 0.2) is 0 Å². The lowest BCUT2D eigenvalue weighted by Gasteiger charge is -2.10. The maximum Gasteiger partial charge on any atom is 0.124 e. The number of rotatable bonds is 2. The van der Waals surface area contributed by atoms with E-state index in [9.17, 15) is 5.11 Å². The number of fused-ring (bicyclic) bond motifs is 1. The molecule has 1 aliphatic rings. The summed E-state index contributed by atoms with van der Waals surface area (Å²) in [5.41, 5.74) is 4.76. The predicted octanol–water partition coefficient (Wildman–Crippen LogP) is 5.69. The number of phenols is 1. The molecule has 4 rings (SSSR count). The lowest BCUT2D eigenvalue weighted by Crippen LogP contribution is -2.10. The number of nitrogens with zero attached hydrogens (tertiary/aromatic N) is 2. The SMILES string of the molecule is Oc1ccccc1C1=Nc2ccccc2N=C(c2ccccc2Cl)C1. The summed E-state index contributed by atoms with van der Waals surface area (Å²) in [6, 6.07) is 22.6. The Bertz CT molecular complexity index is 928. The van der Waals surface area contributed by atoms with Crippen LogP contribution in [0, 0.1) is 0 Å². The molecule has 0 amide bonds. The minimum Gasteiger partial charge on any atom is -0.507 e. The molecule has 0 aromatic heterocycles. The van der Waals surface area contributed by atoms with E-state index < -0.39 is 0 Å². The summed E-state index contributed by atoms with van der Waals surface area (Å²) >= 11 is 6.39. The Kier molecular flexibility index (Phi) is 4.08. The largest absolute Gasteiger partial charge is 0.507 e. The molecular formula is C21H15ClN2O. The molecule has 0 saturated heterocycles. The van der Waals surface area contributed by atoms with Gasteiger partial charge in [0.25, 0.3) is 0 Å². The van der Waals surface area contributed by atoms with Crippen LogP contribution in [0.1, 0.15) is 17.5 Å². The van der Waals surface area contributed by atoms with Crippen molar-refractivity contribution in [1.82, 2.24) is 0 Å². The number of hydrogen-bond donors (Lipinski definition) is 1. The fraction of sp³-hybridized carbons (Fsp3) is 0.0476. The van der Waals surface area contributed by atoms with Gasteiger partial charge in [-0.15, -0.1) is 0 Å². The standard InChI is InChI=1S/C21H15ClN2O/c22-16-9-3-1-7-14(16)19-13-20(15-8-2-6-12-21(15)25)24-18-11-5-4-10-17(18)23-19/h1-12,25H,13H2. The molecule has 0 spiro atoms. The van der Waals surface area contributed by atoms with Crippen molar-refractivity contribution >= 4 is 34.4 Å². The Morgan fingerprint density at radius 3 is 1.84 bits per heavy atom. The van der Waals surface area contributed by atoms with Gasteiger partial charge in [-0.25, -0.2) is 0 Å². The molecule has 0 fully saturated rings. The molecule has 0 saturated carbocycles. The number of aromatic hydroxyl groups is 1.